The molecule has 1 aliphatic carbocycles. The molecule has 1 aromatic heterocycles. The number of nitrogens with one attached hydrogen (secondary N) is 1. The second-order valence-corrected chi connectivity index (χ2v) is 12.1. The topological polar surface area (TPSA) is 110 Å². The van der Waals surface area contributed by atoms with Gasteiger partial charge in [0.05, 0.1) is 17.7 Å². The molecule has 8 nitrogen and oxygen atoms in total. The maximum absolute atomic E-state index is 14.2. The summed E-state index contributed by atoms with van der Waals surface area (Å²) in [6.45, 7) is 6.15. The van der Waals surface area contributed by atoms with Crippen molar-refractivity contribution in [2.75, 3.05) is 11.4 Å². The van der Waals surface area contributed by atoms with E-state index in [1.165, 1.54) is 28.3 Å². The Morgan fingerprint density at radius 2 is 1.88 bits per heavy atom. The quantitative estimate of drug-likeness (QED) is 0.484. The number of alkyl halides is 2. The molecule has 2 N–H and O–H groups in total. The number of amides is 2. The number of aromatic nitrogens is 1. The summed E-state index contributed by atoms with van der Waals surface area (Å²) >= 11 is 6.24. The van der Waals surface area contributed by atoms with Crippen molar-refractivity contribution in [3.05, 3.63) is 58.9 Å². The Hall–Kier alpha value is -3.29. The highest BCUT2D eigenvalue weighted by Gasteiger charge is 2.44. The summed E-state index contributed by atoms with van der Waals surface area (Å²) in [5.74, 6) is -3.90. The number of β-amino-alcohol motifs (C(OH)–C–C–N with tert-alkyl or cyclic N) is 1. The lowest BCUT2D eigenvalue weighted by atomic mass is 9.87. The highest BCUT2D eigenvalue weighted by Crippen LogP contribution is 2.36. The van der Waals surface area contributed by atoms with E-state index in [1.54, 1.807) is 12.1 Å². The van der Waals surface area contributed by atoms with Crippen LogP contribution in [0.4, 0.5) is 14.5 Å². The van der Waals surface area contributed by atoms with Gasteiger partial charge in [0.2, 0.25) is 11.8 Å². The minimum atomic E-state index is -2.77. The molecule has 2 amide bonds. The van der Waals surface area contributed by atoms with Crippen molar-refractivity contribution in [1.82, 2.24) is 15.2 Å². The van der Waals surface area contributed by atoms with Gasteiger partial charge in [0.25, 0.3) is 5.91 Å². The van der Waals surface area contributed by atoms with E-state index in [2.05, 4.69) is 31.1 Å². The van der Waals surface area contributed by atoms with E-state index in [0.717, 1.165) is 5.56 Å². The van der Waals surface area contributed by atoms with E-state index in [9.17, 15) is 28.7 Å². The zero-order chi connectivity index (χ0) is 29.2. The van der Waals surface area contributed by atoms with Crippen LogP contribution >= 0.6 is 11.6 Å². The summed E-state index contributed by atoms with van der Waals surface area (Å²) in [4.78, 5) is 34.8. The van der Waals surface area contributed by atoms with E-state index >= 15 is 0 Å². The van der Waals surface area contributed by atoms with Gasteiger partial charge in [-0.1, -0.05) is 44.5 Å². The molecule has 4 rings (SSSR count). The smallest absolute Gasteiger partial charge is 0.251 e. The number of carbonyl (C=O) groups excluding carboxylic acids is 2. The molecule has 1 unspecified atom stereocenters. The molecule has 214 valence electrons. The predicted molar refractivity (Wildman–Crippen MR) is 147 cm³/mol. The molecule has 40 heavy (non-hydrogen) atoms. The summed E-state index contributed by atoms with van der Waals surface area (Å²) in [6, 6.07) is 5.98. The lowest BCUT2D eigenvalue weighted by Crippen LogP contribution is -2.52. The van der Waals surface area contributed by atoms with E-state index in [1.807, 2.05) is 18.3 Å². The molecule has 1 saturated heterocycles. The fraction of sp³-hybridized carbons (Fsp3) is 0.517. The minimum Gasteiger partial charge on any atom is -0.391 e. The number of benzene rings is 1. The molecule has 0 radical (unpaired) electrons. The van der Waals surface area contributed by atoms with Gasteiger partial charge in [0.1, 0.15) is 12.1 Å². The molecule has 3 atom stereocenters. The number of nitrogens with zero attached hydrogens (tertiary/aromatic N) is 4. The van der Waals surface area contributed by atoms with Crippen LogP contribution in [-0.2, 0) is 15.0 Å². The molecule has 2 aliphatic rings. The Labute approximate surface area is 237 Å². The number of hydrogen-bond acceptors (Lipinski definition) is 6. The van der Waals surface area contributed by atoms with E-state index in [0.29, 0.717) is 11.3 Å². The number of pyridine rings is 1. The van der Waals surface area contributed by atoms with Crippen LogP contribution in [0.5, 0.6) is 0 Å². The van der Waals surface area contributed by atoms with Crippen molar-refractivity contribution >= 4 is 29.1 Å². The number of rotatable bonds is 6. The monoisotopic (exact) mass is 573 g/mol. The van der Waals surface area contributed by atoms with Gasteiger partial charge in [-0.3, -0.25) is 24.4 Å². The molecule has 11 heteroatoms. The number of anilines is 1. The molecule has 1 aliphatic heterocycles. The molecular weight excluding hydrogens is 540 g/mol. The Kier molecular flexibility index (Phi) is 8.66. The van der Waals surface area contributed by atoms with Crippen molar-refractivity contribution in [3.8, 4) is 6.19 Å². The lowest BCUT2D eigenvalue weighted by molar-refractivity contribution is -0.129. The third-order valence-corrected chi connectivity index (χ3v) is 7.76. The third-order valence-electron chi connectivity index (χ3n) is 7.55. The average Bonchev–Trinajstić information content (AvgIpc) is 3.28. The van der Waals surface area contributed by atoms with Gasteiger partial charge in [0, 0.05) is 48.9 Å². The minimum absolute atomic E-state index is 0.00439. The number of likely N-dealkylation sites (tertiary alicyclic amines) is 1. The zero-order valence-corrected chi connectivity index (χ0v) is 23.5. The number of hydrogen-bond donors (Lipinski definition) is 2. The molecule has 0 bridgehead atoms. The number of aliphatic hydroxyl groups excluding tert-OH is 1. The molecule has 2 fully saturated rings. The van der Waals surface area contributed by atoms with Gasteiger partial charge >= 0.3 is 0 Å². The Morgan fingerprint density at radius 1 is 1.23 bits per heavy atom. The SMILES string of the molecule is CC(C)(C)c1ccc(N(C(=O)[C@H]2C[C@@H](O)CN2C#N)C(C(=O)NC2CCC(F)(F)CC2)c2cncc(Cl)c2)cc1. The first kappa shape index (κ1) is 29.7. The standard InChI is InChI=1S/C29H34ClF2N5O3/c1-28(2,3)19-4-6-22(7-5-19)37(27(40)24-13-23(38)16-36(24)17-33)25(18-12-20(30)15-34-14-18)26(39)35-21-8-10-29(31,32)11-9-21/h4-7,12,14-15,21,23-25,38H,8-11,13,16H2,1-3H3,(H,35,39)/t23-,24-,25?/m1/s1. The second kappa shape index (κ2) is 11.7. The average molecular weight is 574 g/mol. The Morgan fingerprint density at radius 3 is 2.45 bits per heavy atom. The van der Waals surface area contributed by atoms with E-state index in [4.69, 9.17) is 11.6 Å². The van der Waals surface area contributed by atoms with Crippen LogP contribution in [0.2, 0.25) is 5.02 Å². The van der Waals surface area contributed by atoms with Gasteiger partial charge in [-0.15, -0.1) is 0 Å². The van der Waals surface area contributed by atoms with Gasteiger partial charge < -0.3 is 10.4 Å². The lowest BCUT2D eigenvalue weighted by Gasteiger charge is -2.36. The van der Waals surface area contributed by atoms with Crippen molar-refractivity contribution in [3.63, 3.8) is 0 Å². The molecule has 2 aromatic rings. The third kappa shape index (κ3) is 6.70. The summed E-state index contributed by atoms with van der Waals surface area (Å²) in [7, 11) is 0. The van der Waals surface area contributed by atoms with Crippen LogP contribution in [0.25, 0.3) is 0 Å². The molecule has 0 spiro atoms. The van der Waals surface area contributed by atoms with Crippen LogP contribution in [-0.4, -0.2) is 57.5 Å². The summed E-state index contributed by atoms with van der Waals surface area (Å²) < 4.78 is 27.6. The van der Waals surface area contributed by atoms with Crippen molar-refractivity contribution < 1.29 is 23.5 Å². The molecule has 1 saturated carbocycles. The number of nitriles is 1. The fourth-order valence-corrected chi connectivity index (χ4v) is 5.49. The highest BCUT2D eigenvalue weighted by atomic mass is 35.5. The van der Waals surface area contributed by atoms with Crippen LogP contribution in [0.1, 0.15) is 70.0 Å². The first-order valence-corrected chi connectivity index (χ1v) is 13.7. The van der Waals surface area contributed by atoms with Crippen molar-refractivity contribution in [1.29, 1.82) is 5.26 Å². The Bertz CT molecular complexity index is 1270. The molecule has 2 heterocycles. The predicted octanol–water partition coefficient (Wildman–Crippen LogP) is 4.72. The van der Waals surface area contributed by atoms with Crippen LogP contribution in [0.15, 0.2) is 42.7 Å². The normalized spacial score (nSPS) is 21.9. The summed E-state index contributed by atoms with van der Waals surface area (Å²) in [6.07, 6.45) is 3.46. The fourth-order valence-electron chi connectivity index (χ4n) is 5.30. The van der Waals surface area contributed by atoms with E-state index in [-0.39, 0.29) is 49.1 Å². The zero-order valence-electron chi connectivity index (χ0n) is 22.8. The van der Waals surface area contributed by atoms with Gasteiger partial charge in [-0.05, 0) is 42.0 Å². The highest BCUT2D eigenvalue weighted by molar-refractivity contribution is 6.30. The molecule has 1 aromatic carbocycles. The van der Waals surface area contributed by atoms with Crippen LogP contribution in [0, 0.1) is 11.5 Å². The number of aliphatic hydroxyl groups is 1. The van der Waals surface area contributed by atoms with Crippen molar-refractivity contribution in [2.45, 2.75) is 88.4 Å². The number of carbonyl (C=O) groups is 2. The Balaban J connectivity index is 1.78. The van der Waals surface area contributed by atoms with Gasteiger partial charge in [0.15, 0.2) is 6.19 Å². The maximum Gasteiger partial charge on any atom is 0.251 e. The number of halogens is 3. The van der Waals surface area contributed by atoms with E-state index < -0.39 is 42.0 Å². The van der Waals surface area contributed by atoms with Gasteiger partial charge in [-0.2, -0.15) is 5.26 Å². The largest absolute Gasteiger partial charge is 0.391 e. The van der Waals surface area contributed by atoms with Gasteiger partial charge in [-0.25, -0.2) is 8.78 Å². The maximum atomic E-state index is 14.2. The summed E-state index contributed by atoms with van der Waals surface area (Å²) in [5, 5.41) is 23.0. The first-order chi connectivity index (χ1) is 18.8. The van der Waals surface area contributed by atoms with Crippen LogP contribution in [0.3, 0.4) is 0 Å². The summed E-state index contributed by atoms with van der Waals surface area (Å²) in [5.41, 5.74) is 1.55. The molecular formula is C29H34ClF2N5O3. The van der Waals surface area contributed by atoms with Crippen LogP contribution < -0.4 is 10.2 Å². The van der Waals surface area contributed by atoms with Crippen molar-refractivity contribution in [2.24, 2.45) is 0 Å². The second-order valence-electron chi connectivity index (χ2n) is 11.6. The first-order valence-electron chi connectivity index (χ1n) is 13.4.